The third-order valence-corrected chi connectivity index (χ3v) is 5.04. The van der Waals surface area contributed by atoms with Crippen LogP contribution in [-0.2, 0) is 11.3 Å². The highest BCUT2D eigenvalue weighted by molar-refractivity contribution is 9.10. The van der Waals surface area contributed by atoms with Crippen molar-refractivity contribution in [3.05, 3.63) is 87.9 Å². The van der Waals surface area contributed by atoms with E-state index < -0.39 is 0 Å². The van der Waals surface area contributed by atoms with E-state index >= 15 is 0 Å². The Bertz CT molecular complexity index is 958. The van der Waals surface area contributed by atoms with Crippen molar-refractivity contribution in [3.8, 4) is 5.75 Å². The van der Waals surface area contributed by atoms with Gasteiger partial charge in [-0.2, -0.15) is 0 Å². The smallest absolute Gasteiger partial charge is 0.262 e. The molecule has 0 atom stereocenters. The number of hydrogen-bond acceptors (Lipinski definition) is 3. The highest BCUT2D eigenvalue weighted by Crippen LogP contribution is 2.26. The van der Waals surface area contributed by atoms with Crippen LogP contribution in [0.15, 0.2) is 71.2 Å². The molecule has 0 unspecified atom stereocenters. The van der Waals surface area contributed by atoms with E-state index in [0.717, 1.165) is 27.0 Å². The Labute approximate surface area is 174 Å². The number of carbonyl (C=O) groups is 1. The van der Waals surface area contributed by atoms with Crippen LogP contribution in [0.5, 0.6) is 5.75 Å². The zero-order chi connectivity index (χ0) is 19.9. The highest BCUT2D eigenvalue weighted by Gasteiger charge is 2.08. The summed E-state index contributed by atoms with van der Waals surface area (Å²) in [4.78, 5) is 12.2. The minimum Gasteiger partial charge on any atom is -0.483 e. The SMILES string of the molecule is Cc1ccc(NC(=O)COc2ccc(CNc3ccccc3)cc2Br)cc1C. The maximum absolute atomic E-state index is 12.2. The number of anilines is 2. The number of ether oxygens (including phenoxy) is 1. The largest absolute Gasteiger partial charge is 0.483 e. The van der Waals surface area contributed by atoms with E-state index in [1.165, 1.54) is 5.56 Å². The van der Waals surface area contributed by atoms with Gasteiger partial charge in [-0.15, -0.1) is 0 Å². The molecular formula is C23H23BrN2O2. The molecule has 0 aliphatic heterocycles. The molecule has 28 heavy (non-hydrogen) atoms. The topological polar surface area (TPSA) is 50.4 Å². The third-order valence-electron chi connectivity index (χ3n) is 4.42. The maximum atomic E-state index is 12.2. The Kier molecular flexibility index (Phi) is 6.71. The molecule has 0 bridgehead atoms. The number of amides is 1. The van der Waals surface area contributed by atoms with Gasteiger partial charge in [-0.3, -0.25) is 4.79 Å². The van der Waals surface area contributed by atoms with Crippen LogP contribution in [0.1, 0.15) is 16.7 Å². The highest BCUT2D eigenvalue weighted by atomic mass is 79.9. The van der Waals surface area contributed by atoms with E-state index in [9.17, 15) is 4.79 Å². The van der Waals surface area contributed by atoms with Crippen molar-refractivity contribution in [2.75, 3.05) is 17.2 Å². The fourth-order valence-electron chi connectivity index (χ4n) is 2.69. The molecule has 0 aromatic heterocycles. The normalized spacial score (nSPS) is 10.4. The first-order valence-corrected chi connectivity index (χ1v) is 9.88. The molecular weight excluding hydrogens is 416 g/mol. The van der Waals surface area contributed by atoms with Gasteiger partial charge in [-0.05, 0) is 82.9 Å². The molecule has 0 aliphatic rings. The van der Waals surface area contributed by atoms with E-state index in [4.69, 9.17) is 4.74 Å². The average Bonchev–Trinajstić information content (AvgIpc) is 2.69. The molecule has 2 N–H and O–H groups in total. The van der Waals surface area contributed by atoms with E-state index in [0.29, 0.717) is 12.3 Å². The summed E-state index contributed by atoms with van der Waals surface area (Å²) in [6.07, 6.45) is 0. The zero-order valence-corrected chi connectivity index (χ0v) is 17.5. The molecule has 0 saturated heterocycles. The molecule has 0 spiro atoms. The fraction of sp³-hybridized carbons (Fsp3) is 0.174. The quantitative estimate of drug-likeness (QED) is 0.497. The Morgan fingerprint density at radius 1 is 0.929 bits per heavy atom. The first-order chi connectivity index (χ1) is 13.5. The third kappa shape index (κ3) is 5.60. The number of nitrogens with one attached hydrogen (secondary N) is 2. The Balaban J connectivity index is 1.52. The molecule has 0 radical (unpaired) electrons. The summed E-state index contributed by atoms with van der Waals surface area (Å²) in [6, 6.07) is 21.7. The molecule has 5 heteroatoms. The molecule has 3 rings (SSSR count). The lowest BCUT2D eigenvalue weighted by Crippen LogP contribution is -2.20. The van der Waals surface area contributed by atoms with Crippen molar-refractivity contribution in [1.29, 1.82) is 0 Å². The van der Waals surface area contributed by atoms with Gasteiger partial charge in [0.25, 0.3) is 5.91 Å². The van der Waals surface area contributed by atoms with Crippen molar-refractivity contribution in [2.45, 2.75) is 20.4 Å². The van der Waals surface area contributed by atoms with Crippen LogP contribution in [0.4, 0.5) is 11.4 Å². The second-order valence-electron chi connectivity index (χ2n) is 6.62. The van der Waals surface area contributed by atoms with Crippen molar-refractivity contribution in [1.82, 2.24) is 0 Å². The van der Waals surface area contributed by atoms with Crippen LogP contribution < -0.4 is 15.4 Å². The van der Waals surface area contributed by atoms with Crippen LogP contribution in [0.3, 0.4) is 0 Å². The van der Waals surface area contributed by atoms with Crippen molar-refractivity contribution < 1.29 is 9.53 Å². The predicted molar refractivity (Wildman–Crippen MR) is 118 cm³/mol. The summed E-state index contributed by atoms with van der Waals surface area (Å²) < 4.78 is 6.48. The predicted octanol–water partition coefficient (Wildman–Crippen LogP) is 5.70. The molecule has 4 nitrogen and oxygen atoms in total. The lowest BCUT2D eigenvalue weighted by molar-refractivity contribution is -0.118. The summed E-state index contributed by atoms with van der Waals surface area (Å²) >= 11 is 3.52. The van der Waals surface area contributed by atoms with Crippen LogP contribution in [0, 0.1) is 13.8 Å². The number of para-hydroxylation sites is 1. The van der Waals surface area contributed by atoms with Crippen LogP contribution in [-0.4, -0.2) is 12.5 Å². The average molecular weight is 439 g/mol. The minimum atomic E-state index is -0.190. The molecule has 1 amide bonds. The van der Waals surface area contributed by atoms with E-state index in [1.807, 2.05) is 80.6 Å². The van der Waals surface area contributed by atoms with Gasteiger partial charge >= 0.3 is 0 Å². The molecule has 0 fully saturated rings. The number of benzene rings is 3. The van der Waals surface area contributed by atoms with Gasteiger partial charge in [-0.25, -0.2) is 0 Å². The monoisotopic (exact) mass is 438 g/mol. The van der Waals surface area contributed by atoms with Crippen molar-refractivity contribution >= 4 is 33.2 Å². The summed E-state index contributed by atoms with van der Waals surface area (Å²) in [5.74, 6) is 0.448. The first-order valence-electron chi connectivity index (χ1n) is 9.08. The van der Waals surface area contributed by atoms with Gasteiger partial charge in [0, 0.05) is 17.9 Å². The van der Waals surface area contributed by atoms with E-state index in [-0.39, 0.29) is 12.5 Å². The molecule has 0 aliphatic carbocycles. The number of carbonyl (C=O) groups excluding carboxylic acids is 1. The second kappa shape index (κ2) is 9.42. The van der Waals surface area contributed by atoms with Crippen molar-refractivity contribution in [2.24, 2.45) is 0 Å². The number of aryl methyl sites for hydroxylation is 2. The molecule has 3 aromatic carbocycles. The number of rotatable bonds is 7. The Morgan fingerprint density at radius 3 is 2.43 bits per heavy atom. The lowest BCUT2D eigenvalue weighted by Gasteiger charge is -2.12. The Hall–Kier alpha value is -2.79. The minimum absolute atomic E-state index is 0.0485. The van der Waals surface area contributed by atoms with Crippen LogP contribution >= 0.6 is 15.9 Å². The van der Waals surface area contributed by atoms with Gasteiger partial charge in [0.2, 0.25) is 0 Å². The molecule has 3 aromatic rings. The molecule has 144 valence electrons. The number of hydrogen-bond donors (Lipinski definition) is 2. The molecule has 0 heterocycles. The molecule has 0 saturated carbocycles. The number of halogens is 1. The van der Waals surface area contributed by atoms with E-state index in [2.05, 4.69) is 26.6 Å². The van der Waals surface area contributed by atoms with Crippen LogP contribution in [0.2, 0.25) is 0 Å². The second-order valence-corrected chi connectivity index (χ2v) is 7.47. The van der Waals surface area contributed by atoms with E-state index in [1.54, 1.807) is 0 Å². The fourth-order valence-corrected chi connectivity index (χ4v) is 3.23. The van der Waals surface area contributed by atoms with Gasteiger partial charge in [0.15, 0.2) is 6.61 Å². The lowest BCUT2D eigenvalue weighted by atomic mass is 10.1. The van der Waals surface area contributed by atoms with Gasteiger partial charge in [-0.1, -0.05) is 30.3 Å². The van der Waals surface area contributed by atoms with Gasteiger partial charge in [0.05, 0.1) is 4.47 Å². The van der Waals surface area contributed by atoms with Crippen LogP contribution in [0.25, 0.3) is 0 Å². The first kappa shape index (κ1) is 20.0. The standard InChI is InChI=1S/C23H23BrN2O2/c1-16-8-10-20(12-17(16)2)26-23(27)15-28-22-11-9-18(13-21(22)24)14-25-19-6-4-3-5-7-19/h3-13,25H,14-15H2,1-2H3,(H,26,27). The maximum Gasteiger partial charge on any atom is 0.262 e. The van der Waals surface area contributed by atoms with Crippen molar-refractivity contribution in [3.63, 3.8) is 0 Å². The summed E-state index contributed by atoms with van der Waals surface area (Å²) in [6.45, 7) is 4.72. The zero-order valence-electron chi connectivity index (χ0n) is 16.0. The summed E-state index contributed by atoms with van der Waals surface area (Å²) in [7, 11) is 0. The van der Waals surface area contributed by atoms with Gasteiger partial charge in [0.1, 0.15) is 5.75 Å². The Morgan fingerprint density at radius 2 is 1.71 bits per heavy atom. The summed E-state index contributed by atoms with van der Waals surface area (Å²) in [5.41, 5.74) is 5.30. The van der Waals surface area contributed by atoms with Gasteiger partial charge < -0.3 is 15.4 Å². The summed E-state index contributed by atoms with van der Waals surface area (Å²) in [5, 5.41) is 6.23.